The minimum atomic E-state index is -0.579. The Balaban J connectivity index is 1.61. The second-order valence-corrected chi connectivity index (χ2v) is 10.6. The summed E-state index contributed by atoms with van der Waals surface area (Å²) in [6.45, 7) is 6.56. The third-order valence-corrected chi connectivity index (χ3v) is 8.06. The van der Waals surface area contributed by atoms with Crippen LogP contribution in [-0.2, 0) is 14.3 Å². The van der Waals surface area contributed by atoms with Gasteiger partial charge in [0.25, 0.3) is 5.56 Å². The number of fused-ring (bicyclic) bond motifs is 1. The molecule has 0 radical (unpaired) electrons. The number of halogens is 1. The number of anilines is 1. The van der Waals surface area contributed by atoms with E-state index in [4.69, 9.17) is 13.9 Å². The van der Waals surface area contributed by atoms with Crippen molar-refractivity contribution in [3.63, 3.8) is 0 Å². The molecule has 5 heterocycles. The van der Waals surface area contributed by atoms with E-state index in [9.17, 15) is 9.59 Å². The van der Waals surface area contributed by atoms with Crippen molar-refractivity contribution in [3.05, 3.63) is 69.6 Å². The molecule has 0 amide bonds. The number of nitrogens with zero attached hydrogens (tertiary/aromatic N) is 3. The van der Waals surface area contributed by atoms with Crippen LogP contribution < -0.4 is 19.8 Å². The van der Waals surface area contributed by atoms with Gasteiger partial charge in [-0.05, 0) is 41.2 Å². The van der Waals surface area contributed by atoms with Crippen LogP contribution in [0.3, 0.4) is 0 Å². The zero-order chi connectivity index (χ0) is 23.8. The summed E-state index contributed by atoms with van der Waals surface area (Å²) >= 11 is 6.34. The van der Waals surface area contributed by atoms with Crippen molar-refractivity contribution in [2.45, 2.75) is 19.9 Å². The van der Waals surface area contributed by atoms with Gasteiger partial charge in [-0.25, -0.2) is 9.79 Å². The van der Waals surface area contributed by atoms with Crippen LogP contribution in [0.4, 0.5) is 5.88 Å². The van der Waals surface area contributed by atoms with Gasteiger partial charge in [0.05, 0.1) is 40.1 Å². The normalized spacial score (nSPS) is 18.7. The van der Waals surface area contributed by atoms with Gasteiger partial charge in [-0.15, -0.1) is 11.3 Å². The van der Waals surface area contributed by atoms with Crippen molar-refractivity contribution < 1.29 is 18.7 Å². The van der Waals surface area contributed by atoms with E-state index >= 15 is 0 Å². The number of aromatic nitrogens is 1. The summed E-state index contributed by atoms with van der Waals surface area (Å²) in [5.74, 6) is 0.827. The lowest BCUT2D eigenvalue weighted by Crippen LogP contribution is -2.39. The van der Waals surface area contributed by atoms with Crippen molar-refractivity contribution in [3.8, 4) is 0 Å². The highest BCUT2D eigenvalue weighted by atomic mass is 79.9. The number of furan rings is 1. The van der Waals surface area contributed by atoms with E-state index in [-0.39, 0.29) is 12.2 Å². The van der Waals surface area contributed by atoms with Crippen molar-refractivity contribution >= 4 is 56.5 Å². The predicted octanol–water partition coefficient (Wildman–Crippen LogP) is 3.05. The minimum absolute atomic E-state index is 0.225. The molecule has 8 nitrogen and oxygen atoms in total. The van der Waals surface area contributed by atoms with Crippen molar-refractivity contribution in [2.24, 2.45) is 4.99 Å². The number of hydrogen-bond donors (Lipinski definition) is 0. The Morgan fingerprint density at radius 3 is 2.88 bits per heavy atom. The molecule has 178 valence electrons. The highest BCUT2D eigenvalue weighted by Crippen LogP contribution is 2.33. The molecule has 3 aromatic heterocycles. The molecule has 3 aromatic rings. The lowest BCUT2D eigenvalue weighted by atomic mass is 10.0. The zero-order valence-corrected chi connectivity index (χ0v) is 21.8. The van der Waals surface area contributed by atoms with Gasteiger partial charge in [0.2, 0.25) is 5.88 Å². The molecular formula is C23H22BrN3O5S2. The summed E-state index contributed by atoms with van der Waals surface area (Å²) in [6, 6.07) is 5.10. The first-order valence-corrected chi connectivity index (χ1v) is 13.3. The smallest absolute Gasteiger partial charge is 0.338 e. The fourth-order valence-electron chi connectivity index (χ4n) is 4.07. The number of thiazole rings is 1. The van der Waals surface area contributed by atoms with Gasteiger partial charge < -0.3 is 18.8 Å². The number of carbonyl (C=O) groups excluding carboxylic acids is 1. The van der Waals surface area contributed by atoms with Crippen LogP contribution in [-0.4, -0.2) is 43.4 Å². The van der Waals surface area contributed by atoms with Crippen LogP contribution in [0.25, 0.3) is 6.08 Å². The number of morpholine rings is 1. The highest BCUT2D eigenvalue weighted by molar-refractivity contribution is 9.10. The number of esters is 1. The topological polar surface area (TPSA) is 86.3 Å². The second-order valence-electron chi connectivity index (χ2n) is 7.72. The van der Waals surface area contributed by atoms with Crippen LogP contribution in [0.1, 0.15) is 30.5 Å². The molecular weight excluding hydrogens is 542 g/mol. The number of carbonyl (C=O) groups is 1. The Morgan fingerprint density at radius 2 is 2.18 bits per heavy atom. The standard InChI is InChI=1S/C23H22BrN3O5S2/c1-3-31-22(29)18-13(2)25-23-27(19(18)16-5-4-10-33-16)20(28)17(34-23)12-14-11-15(24)21(32-14)26-6-8-30-9-7-26/h4-5,10-12,19H,3,6-9H2,1-2H3/b17-12+/t19-/m0/s1. The van der Waals surface area contributed by atoms with E-state index in [1.54, 1.807) is 24.5 Å². The van der Waals surface area contributed by atoms with Crippen LogP contribution in [0, 0.1) is 0 Å². The van der Waals surface area contributed by atoms with Gasteiger partial charge >= 0.3 is 5.97 Å². The van der Waals surface area contributed by atoms with E-state index < -0.39 is 12.0 Å². The molecule has 11 heteroatoms. The van der Waals surface area contributed by atoms with Crippen molar-refractivity contribution in [1.29, 1.82) is 0 Å². The number of hydrogen-bond acceptors (Lipinski definition) is 9. The van der Waals surface area contributed by atoms with E-state index in [1.165, 1.54) is 22.7 Å². The predicted molar refractivity (Wildman–Crippen MR) is 134 cm³/mol. The Bertz CT molecular complexity index is 1430. The molecule has 2 aliphatic heterocycles. The van der Waals surface area contributed by atoms with Gasteiger partial charge in [0, 0.05) is 30.1 Å². The lowest BCUT2D eigenvalue weighted by Gasteiger charge is -2.26. The molecule has 1 atom stereocenters. The number of rotatable bonds is 5. The van der Waals surface area contributed by atoms with Crippen LogP contribution in [0.5, 0.6) is 0 Å². The minimum Gasteiger partial charge on any atom is -0.463 e. The number of thiophene rings is 1. The van der Waals surface area contributed by atoms with Gasteiger partial charge in [-0.2, -0.15) is 0 Å². The molecule has 34 heavy (non-hydrogen) atoms. The van der Waals surface area contributed by atoms with E-state index in [0.29, 0.717) is 39.6 Å². The molecule has 0 bridgehead atoms. The Labute approximate surface area is 211 Å². The first-order chi connectivity index (χ1) is 16.5. The molecule has 2 aliphatic rings. The quantitative estimate of drug-likeness (QED) is 0.443. The number of allylic oxidation sites excluding steroid dienone is 1. The van der Waals surface area contributed by atoms with Gasteiger partial charge in [-0.1, -0.05) is 17.4 Å². The first kappa shape index (κ1) is 23.3. The van der Waals surface area contributed by atoms with E-state index in [0.717, 1.165) is 28.3 Å². The van der Waals surface area contributed by atoms with Crippen LogP contribution in [0.2, 0.25) is 0 Å². The molecule has 0 saturated carbocycles. The molecule has 0 aromatic carbocycles. The number of ether oxygens (including phenoxy) is 2. The zero-order valence-electron chi connectivity index (χ0n) is 18.6. The van der Waals surface area contributed by atoms with Crippen molar-refractivity contribution in [2.75, 3.05) is 37.8 Å². The summed E-state index contributed by atoms with van der Waals surface area (Å²) in [4.78, 5) is 34.5. The fraction of sp³-hybridized carbons (Fsp3) is 0.348. The highest BCUT2D eigenvalue weighted by Gasteiger charge is 2.34. The lowest BCUT2D eigenvalue weighted by molar-refractivity contribution is -0.139. The van der Waals surface area contributed by atoms with Crippen LogP contribution >= 0.6 is 38.6 Å². The SMILES string of the molecule is CCOC(=O)C1=C(C)N=c2s/c(=C/c3cc(Br)c(N4CCOCC4)o3)c(=O)n2[C@H]1c1cccs1. The maximum atomic E-state index is 13.6. The molecule has 0 aliphatic carbocycles. The molecule has 5 rings (SSSR count). The fourth-order valence-corrected chi connectivity index (χ4v) is 6.47. The third kappa shape index (κ3) is 4.21. The van der Waals surface area contributed by atoms with Gasteiger partial charge in [-0.3, -0.25) is 9.36 Å². The first-order valence-electron chi connectivity index (χ1n) is 10.8. The Hall–Kier alpha value is -2.47. The summed E-state index contributed by atoms with van der Waals surface area (Å²) < 4.78 is 19.7. The maximum Gasteiger partial charge on any atom is 0.338 e. The third-order valence-electron chi connectivity index (χ3n) is 5.59. The van der Waals surface area contributed by atoms with Gasteiger partial charge in [0.1, 0.15) is 11.8 Å². The summed E-state index contributed by atoms with van der Waals surface area (Å²) in [5, 5.41) is 1.93. The molecule has 0 unspecified atom stereocenters. The van der Waals surface area contributed by atoms with E-state index in [1.807, 2.05) is 23.6 Å². The second kappa shape index (κ2) is 9.65. The molecule has 1 fully saturated rings. The largest absolute Gasteiger partial charge is 0.463 e. The maximum absolute atomic E-state index is 13.6. The average molecular weight is 564 g/mol. The Kier molecular flexibility index (Phi) is 6.61. The average Bonchev–Trinajstić information content (AvgIpc) is 3.54. The summed E-state index contributed by atoms with van der Waals surface area (Å²) in [6.07, 6.45) is 1.73. The monoisotopic (exact) mass is 563 g/mol. The summed E-state index contributed by atoms with van der Waals surface area (Å²) in [5.41, 5.74) is 0.718. The summed E-state index contributed by atoms with van der Waals surface area (Å²) in [7, 11) is 0. The van der Waals surface area contributed by atoms with Crippen molar-refractivity contribution in [1.82, 2.24) is 4.57 Å². The van der Waals surface area contributed by atoms with Gasteiger partial charge in [0.15, 0.2) is 4.80 Å². The molecule has 0 spiro atoms. The molecule has 0 N–H and O–H groups in total. The molecule has 1 saturated heterocycles. The van der Waals surface area contributed by atoms with Crippen LogP contribution in [0.15, 0.2) is 53.5 Å². The van der Waals surface area contributed by atoms with E-state index in [2.05, 4.69) is 25.8 Å². The Morgan fingerprint density at radius 1 is 1.38 bits per heavy atom.